The van der Waals surface area contributed by atoms with E-state index in [0.29, 0.717) is 6.42 Å². The van der Waals surface area contributed by atoms with Crippen molar-refractivity contribution in [1.82, 2.24) is 0 Å². The van der Waals surface area contributed by atoms with E-state index in [1.54, 1.807) is 0 Å². The Morgan fingerprint density at radius 1 is 0.682 bits per heavy atom. The maximum absolute atomic E-state index is 10.6. The fraction of sp³-hybridized carbons (Fsp3) is 0.143. The summed E-state index contributed by atoms with van der Waals surface area (Å²) in [7, 11) is 0. The summed E-state index contributed by atoms with van der Waals surface area (Å²) in [6.45, 7) is 0. The van der Waals surface area contributed by atoms with Crippen LogP contribution in [-0.4, -0.2) is 5.11 Å². The van der Waals surface area contributed by atoms with E-state index in [9.17, 15) is 5.11 Å². The Balaban J connectivity index is 2.04. The van der Waals surface area contributed by atoms with Gasteiger partial charge in [0.1, 0.15) is 0 Å². The lowest BCUT2D eigenvalue weighted by molar-refractivity contribution is 0.168. The zero-order chi connectivity index (χ0) is 15.0. The van der Waals surface area contributed by atoms with Gasteiger partial charge in [0.05, 0.1) is 6.10 Å². The van der Waals surface area contributed by atoms with Gasteiger partial charge in [-0.25, -0.2) is 0 Å². The van der Waals surface area contributed by atoms with Gasteiger partial charge in [-0.2, -0.15) is 0 Å². The number of aliphatic hydroxyl groups excluding tert-OH is 1. The molecule has 0 bridgehead atoms. The topological polar surface area (TPSA) is 20.2 Å². The maximum atomic E-state index is 10.6. The summed E-state index contributed by atoms with van der Waals surface area (Å²) >= 11 is 0. The van der Waals surface area contributed by atoms with E-state index >= 15 is 0 Å². The van der Waals surface area contributed by atoms with Gasteiger partial charge in [-0.3, -0.25) is 0 Å². The third kappa shape index (κ3) is 1.83. The van der Waals surface area contributed by atoms with E-state index in [0.717, 1.165) is 5.56 Å². The first-order chi connectivity index (χ1) is 10.8. The molecule has 0 spiro atoms. The van der Waals surface area contributed by atoms with E-state index in [4.69, 9.17) is 0 Å². The largest absolute Gasteiger partial charge is 0.388 e. The molecule has 1 unspecified atom stereocenters. The summed E-state index contributed by atoms with van der Waals surface area (Å²) in [4.78, 5) is 0. The Morgan fingerprint density at radius 3 is 1.77 bits per heavy atom. The molecule has 1 aliphatic carbocycles. The lowest BCUT2D eigenvalue weighted by atomic mass is 9.70. The molecule has 108 valence electrons. The van der Waals surface area contributed by atoms with Crippen molar-refractivity contribution in [2.75, 3.05) is 0 Å². The summed E-state index contributed by atoms with van der Waals surface area (Å²) in [5, 5.41) is 10.6. The number of aliphatic hydroxyl groups is 1. The fourth-order valence-corrected chi connectivity index (χ4v) is 3.84. The minimum Gasteiger partial charge on any atom is -0.388 e. The van der Waals surface area contributed by atoms with Crippen LogP contribution in [0.1, 0.15) is 34.8 Å². The Hall–Kier alpha value is -2.38. The second kappa shape index (κ2) is 5.11. The number of benzene rings is 3. The highest BCUT2D eigenvalue weighted by atomic mass is 16.3. The Kier molecular flexibility index (Phi) is 3.09. The van der Waals surface area contributed by atoms with Crippen LogP contribution >= 0.6 is 0 Å². The SMILES string of the molecule is OC1CC(c2ccccc2)(c2ccccc2)c2ccccc21. The summed E-state index contributed by atoms with van der Waals surface area (Å²) < 4.78 is 0. The highest BCUT2D eigenvalue weighted by Gasteiger charge is 2.45. The Bertz CT molecular complexity index is 738. The van der Waals surface area contributed by atoms with Crippen molar-refractivity contribution in [3.8, 4) is 0 Å². The molecule has 1 heteroatoms. The molecule has 1 atom stereocenters. The van der Waals surface area contributed by atoms with Crippen molar-refractivity contribution in [3.63, 3.8) is 0 Å². The second-order valence-electron chi connectivity index (χ2n) is 5.94. The van der Waals surface area contributed by atoms with Crippen molar-refractivity contribution in [3.05, 3.63) is 107 Å². The van der Waals surface area contributed by atoms with Crippen LogP contribution in [0.4, 0.5) is 0 Å². The van der Waals surface area contributed by atoms with Gasteiger partial charge in [-0.15, -0.1) is 0 Å². The van der Waals surface area contributed by atoms with Crippen LogP contribution < -0.4 is 0 Å². The van der Waals surface area contributed by atoms with Gasteiger partial charge in [0, 0.05) is 5.41 Å². The van der Waals surface area contributed by atoms with E-state index in [2.05, 4.69) is 60.7 Å². The molecule has 0 fully saturated rings. The smallest absolute Gasteiger partial charge is 0.0808 e. The quantitative estimate of drug-likeness (QED) is 0.737. The van der Waals surface area contributed by atoms with Crippen molar-refractivity contribution in [2.45, 2.75) is 17.9 Å². The molecule has 0 heterocycles. The van der Waals surface area contributed by atoms with Gasteiger partial charge < -0.3 is 5.11 Å². The Morgan fingerprint density at radius 2 is 1.18 bits per heavy atom. The lowest BCUT2D eigenvalue weighted by Crippen LogP contribution is -2.26. The fourth-order valence-electron chi connectivity index (χ4n) is 3.84. The lowest BCUT2D eigenvalue weighted by Gasteiger charge is -2.32. The maximum Gasteiger partial charge on any atom is 0.0808 e. The van der Waals surface area contributed by atoms with Crippen LogP contribution in [0, 0.1) is 0 Å². The summed E-state index contributed by atoms with van der Waals surface area (Å²) in [6.07, 6.45) is 0.275. The predicted molar refractivity (Wildman–Crippen MR) is 88.8 cm³/mol. The molecule has 1 nitrogen and oxygen atoms in total. The molecule has 1 aliphatic rings. The van der Waals surface area contributed by atoms with E-state index in [1.807, 2.05) is 24.3 Å². The molecule has 0 aromatic heterocycles. The first-order valence-corrected chi connectivity index (χ1v) is 7.71. The van der Waals surface area contributed by atoms with Crippen LogP contribution in [0.2, 0.25) is 0 Å². The molecule has 0 saturated carbocycles. The average Bonchev–Trinajstić information content (AvgIpc) is 2.91. The van der Waals surface area contributed by atoms with Crippen molar-refractivity contribution < 1.29 is 5.11 Å². The van der Waals surface area contributed by atoms with Crippen LogP contribution in [0.3, 0.4) is 0 Å². The van der Waals surface area contributed by atoms with E-state index in [-0.39, 0.29) is 5.41 Å². The van der Waals surface area contributed by atoms with Gasteiger partial charge >= 0.3 is 0 Å². The first-order valence-electron chi connectivity index (χ1n) is 7.71. The minimum absolute atomic E-state index is 0.265. The zero-order valence-electron chi connectivity index (χ0n) is 12.3. The normalized spacial score (nSPS) is 18.9. The van der Waals surface area contributed by atoms with Crippen molar-refractivity contribution in [1.29, 1.82) is 0 Å². The van der Waals surface area contributed by atoms with Gasteiger partial charge in [0.15, 0.2) is 0 Å². The van der Waals surface area contributed by atoms with Gasteiger partial charge in [0.2, 0.25) is 0 Å². The molecule has 4 rings (SSSR count). The molecular weight excluding hydrogens is 268 g/mol. The van der Waals surface area contributed by atoms with Crippen LogP contribution in [0.25, 0.3) is 0 Å². The van der Waals surface area contributed by atoms with Gasteiger partial charge in [-0.1, -0.05) is 84.9 Å². The standard InChI is InChI=1S/C21H18O/c22-20-15-21(16-9-3-1-4-10-16,17-11-5-2-6-12-17)19-14-8-7-13-18(19)20/h1-14,20,22H,15H2. The molecular formula is C21H18O. The van der Waals surface area contributed by atoms with Crippen LogP contribution in [-0.2, 0) is 5.41 Å². The molecule has 1 N–H and O–H groups in total. The van der Waals surface area contributed by atoms with Crippen molar-refractivity contribution >= 4 is 0 Å². The zero-order valence-corrected chi connectivity index (χ0v) is 12.3. The van der Waals surface area contributed by atoms with Gasteiger partial charge in [-0.05, 0) is 28.7 Å². The van der Waals surface area contributed by atoms with Crippen molar-refractivity contribution in [2.24, 2.45) is 0 Å². The van der Waals surface area contributed by atoms with Crippen LogP contribution in [0.15, 0.2) is 84.9 Å². The number of rotatable bonds is 2. The Labute approximate surface area is 130 Å². The number of hydrogen-bond acceptors (Lipinski definition) is 1. The second-order valence-corrected chi connectivity index (χ2v) is 5.94. The molecule has 22 heavy (non-hydrogen) atoms. The summed E-state index contributed by atoms with van der Waals surface area (Å²) in [6, 6.07) is 29.3. The monoisotopic (exact) mass is 286 g/mol. The molecule has 0 saturated heterocycles. The number of hydrogen-bond donors (Lipinski definition) is 1. The molecule has 3 aromatic carbocycles. The predicted octanol–water partition coefficient (Wildman–Crippen LogP) is 4.46. The highest BCUT2D eigenvalue weighted by Crippen LogP contribution is 2.52. The molecule has 0 radical (unpaired) electrons. The van der Waals surface area contributed by atoms with E-state index < -0.39 is 6.10 Å². The minimum atomic E-state index is -0.420. The average molecular weight is 286 g/mol. The summed E-state index contributed by atoms with van der Waals surface area (Å²) in [5.74, 6) is 0. The first kappa shape index (κ1) is 13.3. The third-order valence-corrected chi connectivity index (χ3v) is 4.81. The molecule has 0 amide bonds. The summed E-state index contributed by atoms with van der Waals surface area (Å²) in [5.41, 5.74) is 4.49. The van der Waals surface area contributed by atoms with Crippen LogP contribution in [0.5, 0.6) is 0 Å². The third-order valence-electron chi connectivity index (χ3n) is 4.81. The molecule has 0 aliphatic heterocycles. The highest BCUT2D eigenvalue weighted by molar-refractivity contribution is 5.57. The van der Waals surface area contributed by atoms with Gasteiger partial charge in [0.25, 0.3) is 0 Å². The molecule has 3 aromatic rings. The van der Waals surface area contributed by atoms with E-state index in [1.165, 1.54) is 16.7 Å². The number of fused-ring (bicyclic) bond motifs is 1.